The van der Waals surface area contributed by atoms with Gasteiger partial charge < -0.3 is 10.6 Å². The Labute approximate surface area is 94.2 Å². The van der Waals surface area contributed by atoms with Crippen LogP contribution in [-0.4, -0.2) is 26.2 Å². The smallest absolute Gasteiger partial charge is 0.000782 e. The predicted octanol–water partition coefficient (Wildman–Crippen LogP) is 2.16. The molecule has 0 aromatic heterocycles. The van der Waals surface area contributed by atoms with Gasteiger partial charge in [-0.2, -0.15) is 0 Å². The first-order valence-electron chi connectivity index (χ1n) is 6.76. The molecule has 0 radical (unpaired) electrons. The molecule has 1 heterocycles. The van der Waals surface area contributed by atoms with Crippen molar-refractivity contribution in [1.29, 1.82) is 0 Å². The molecular weight excluding hydrogens is 184 g/mol. The largest absolute Gasteiger partial charge is 0.317 e. The molecular formula is C13H26N2. The molecule has 0 aromatic carbocycles. The zero-order valence-corrected chi connectivity index (χ0v) is 10.1. The van der Waals surface area contributed by atoms with Crippen molar-refractivity contribution in [1.82, 2.24) is 10.6 Å². The van der Waals surface area contributed by atoms with Crippen molar-refractivity contribution in [3.05, 3.63) is 0 Å². The fraction of sp³-hybridized carbons (Fsp3) is 1.00. The van der Waals surface area contributed by atoms with Gasteiger partial charge in [0.15, 0.2) is 0 Å². The monoisotopic (exact) mass is 210 g/mol. The Bertz CT molecular complexity index is 175. The van der Waals surface area contributed by atoms with Crippen LogP contribution in [0.3, 0.4) is 0 Å². The zero-order valence-electron chi connectivity index (χ0n) is 10.1. The molecule has 2 fully saturated rings. The molecule has 0 unspecified atom stereocenters. The maximum atomic E-state index is 3.72. The SMILES string of the molecule is CCC1(CNCC2CCNCC2)CCC1. The number of rotatable bonds is 5. The Hall–Kier alpha value is -0.0800. The van der Waals surface area contributed by atoms with Crippen molar-refractivity contribution in [3.63, 3.8) is 0 Å². The molecule has 0 atom stereocenters. The summed E-state index contributed by atoms with van der Waals surface area (Å²) in [6.45, 7) is 7.33. The predicted molar refractivity (Wildman–Crippen MR) is 65.0 cm³/mol. The highest BCUT2D eigenvalue weighted by Gasteiger charge is 2.34. The zero-order chi connectivity index (χ0) is 10.6. The van der Waals surface area contributed by atoms with E-state index in [4.69, 9.17) is 0 Å². The third-order valence-corrected chi connectivity index (χ3v) is 4.56. The number of piperidine rings is 1. The van der Waals surface area contributed by atoms with E-state index < -0.39 is 0 Å². The molecule has 88 valence electrons. The van der Waals surface area contributed by atoms with Crippen LogP contribution in [0.25, 0.3) is 0 Å². The molecule has 15 heavy (non-hydrogen) atoms. The third-order valence-electron chi connectivity index (χ3n) is 4.56. The summed E-state index contributed by atoms with van der Waals surface area (Å²) in [6.07, 6.45) is 8.48. The average molecular weight is 210 g/mol. The van der Waals surface area contributed by atoms with E-state index in [-0.39, 0.29) is 0 Å². The standard InChI is InChI=1S/C13H26N2/c1-2-13(6-3-7-13)11-15-10-12-4-8-14-9-5-12/h12,14-15H,2-11H2,1H3. The molecule has 1 saturated carbocycles. The highest BCUT2D eigenvalue weighted by molar-refractivity contribution is 4.88. The lowest BCUT2D eigenvalue weighted by Gasteiger charge is -2.42. The van der Waals surface area contributed by atoms with E-state index in [1.54, 1.807) is 0 Å². The molecule has 2 N–H and O–H groups in total. The Morgan fingerprint density at radius 3 is 2.53 bits per heavy atom. The van der Waals surface area contributed by atoms with Gasteiger partial charge in [0.2, 0.25) is 0 Å². The first-order chi connectivity index (χ1) is 7.35. The quantitative estimate of drug-likeness (QED) is 0.726. The van der Waals surface area contributed by atoms with Gasteiger partial charge in [0.25, 0.3) is 0 Å². The van der Waals surface area contributed by atoms with Gasteiger partial charge >= 0.3 is 0 Å². The average Bonchev–Trinajstić information content (AvgIpc) is 2.24. The first kappa shape index (κ1) is 11.4. The lowest BCUT2D eigenvalue weighted by molar-refractivity contribution is 0.121. The maximum Gasteiger partial charge on any atom is 0.000782 e. The second-order valence-electron chi connectivity index (χ2n) is 5.53. The molecule has 2 heteroatoms. The molecule has 1 aliphatic heterocycles. The van der Waals surface area contributed by atoms with Crippen LogP contribution < -0.4 is 10.6 Å². The highest BCUT2D eigenvalue weighted by atomic mass is 14.9. The van der Waals surface area contributed by atoms with Crippen LogP contribution in [0.15, 0.2) is 0 Å². The van der Waals surface area contributed by atoms with Crippen molar-refractivity contribution in [2.75, 3.05) is 26.2 Å². The summed E-state index contributed by atoms with van der Waals surface area (Å²) < 4.78 is 0. The van der Waals surface area contributed by atoms with Crippen LogP contribution in [0.1, 0.15) is 45.4 Å². The van der Waals surface area contributed by atoms with Crippen LogP contribution >= 0.6 is 0 Å². The summed E-state index contributed by atoms with van der Waals surface area (Å²) in [5, 5.41) is 7.15. The van der Waals surface area contributed by atoms with Crippen LogP contribution in [0, 0.1) is 11.3 Å². The van der Waals surface area contributed by atoms with Gasteiger partial charge in [0.1, 0.15) is 0 Å². The molecule has 2 rings (SSSR count). The first-order valence-corrected chi connectivity index (χ1v) is 6.76. The molecule has 0 amide bonds. The Balaban J connectivity index is 1.61. The van der Waals surface area contributed by atoms with Gasteiger partial charge in [-0.3, -0.25) is 0 Å². The normalized spacial score (nSPS) is 26.2. The van der Waals surface area contributed by atoms with E-state index in [0.29, 0.717) is 5.41 Å². The lowest BCUT2D eigenvalue weighted by atomic mass is 9.67. The molecule has 0 bridgehead atoms. The van der Waals surface area contributed by atoms with Crippen LogP contribution in [0.2, 0.25) is 0 Å². The molecule has 1 aliphatic carbocycles. The van der Waals surface area contributed by atoms with Gasteiger partial charge in [-0.1, -0.05) is 13.3 Å². The van der Waals surface area contributed by atoms with Gasteiger partial charge in [-0.25, -0.2) is 0 Å². The van der Waals surface area contributed by atoms with E-state index >= 15 is 0 Å². The molecule has 1 saturated heterocycles. The van der Waals surface area contributed by atoms with Crippen molar-refractivity contribution in [3.8, 4) is 0 Å². The summed E-state index contributed by atoms with van der Waals surface area (Å²) >= 11 is 0. The molecule has 2 aliphatic rings. The van der Waals surface area contributed by atoms with Crippen molar-refractivity contribution < 1.29 is 0 Å². The van der Waals surface area contributed by atoms with E-state index in [1.807, 2.05) is 0 Å². The van der Waals surface area contributed by atoms with Crippen molar-refractivity contribution in [2.45, 2.75) is 45.4 Å². The molecule has 0 spiro atoms. The number of nitrogens with one attached hydrogen (secondary N) is 2. The van der Waals surface area contributed by atoms with Gasteiger partial charge in [-0.05, 0) is 63.1 Å². The van der Waals surface area contributed by atoms with Crippen molar-refractivity contribution >= 4 is 0 Å². The fourth-order valence-electron chi connectivity index (χ4n) is 2.96. The second-order valence-corrected chi connectivity index (χ2v) is 5.53. The van der Waals surface area contributed by atoms with Crippen LogP contribution in [-0.2, 0) is 0 Å². The minimum atomic E-state index is 0.687. The minimum absolute atomic E-state index is 0.687. The number of hydrogen-bond donors (Lipinski definition) is 2. The van der Waals surface area contributed by atoms with E-state index in [0.717, 1.165) is 5.92 Å². The minimum Gasteiger partial charge on any atom is -0.317 e. The summed E-state index contributed by atoms with van der Waals surface area (Å²) in [5.74, 6) is 0.931. The Morgan fingerprint density at radius 1 is 1.27 bits per heavy atom. The van der Waals surface area contributed by atoms with Crippen LogP contribution in [0.4, 0.5) is 0 Å². The lowest BCUT2D eigenvalue weighted by Crippen LogP contribution is -2.42. The second kappa shape index (κ2) is 5.31. The fourth-order valence-corrected chi connectivity index (χ4v) is 2.96. The van der Waals surface area contributed by atoms with Gasteiger partial charge in [0.05, 0.1) is 0 Å². The summed E-state index contributed by atoms with van der Waals surface area (Å²) in [5.41, 5.74) is 0.687. The summed E-state index contributed by atoms with van der Waals surface area (Å²) in [6, 6.07) is 0. The molecule has 2 nitrogen and oxygen atoms in total. The highest BCUT2D eigenvalue weighted by Crippen LogP contribution is 2.43. The molecule has 0 aromatic rings. The van der Waals surface area contributed by atoms with Crippen LogP contribution in [0.5, 0.6) is 0 Å². The Kier molecular flexibility index (Phi) is 4.04. The van der Waals surface area contributed by atoms with E-state index in [9.17, 15) is 0 Å². The van der Waals surface area contributed by atoms with E-state index in [1.165, 1.54) is 64.7 Å². The van der Waals surface area contributed by atoms with Crippen molar-refractivity contribution in [2.24, 2.45) is 11.3 Å². The third kappa shape index (κ3) is 2.94. The topological polar surface area (TPSA) is 24.1 Å². The van der Waals surface area contributed by atoms with Gasteiger partial charge in [0, 0.05) is 6.54 Å². The van der Waals surface area contributed by atoms with Gasteiger partial charge in [-0.15, -0.1) is 0 Å². The Morgan fingerprint density at radius 2 is 2.00 bits per heavy atom. The van der Waals surface area contributed by atoms with E-state index in [2.05, 4.69) is 17.6 Å². The summed E-state index contributed by atoms with van der Waals surface area (Å²) in [7, 11) is 0. The number of hydrogen-bond acceptors (Lipinski definition) is 2. The maximum absolute atomic E-state index is 3.72. The summed E-state index contributed by atoms with van der Waals surface area (Å²) in [4.78, 5) is 0.